The number of carbonyl (C=O) groups excluding carboxylic acids is 2. The SMILES string of the molecule is O=C(OCc1ccc(Cl)cc1)c1ccc(CN2CCCC2=O)cc1. The number of halogens is 1. The lowest BCUT2D eigenvalue weighted by atomic mass is 10.1. The van der Waals surface area contributed by atoms with Gasteiger partial charge in [-0.25, -0.2) is 4.79 Å². The summed E-state index contributed by atoms with van der Waals surface area (Å²) in [5, 5.41) is 0.650. The summed E-state index contributed by atoms with van der Waals surface area (Å²) >= 11 is 5.82. The highest BCUT2D eigenvalue weighted by Crippen LogP contribution is 2.16. The van der Waals surface area contributed by atoms with Crippen LogP contribution in [0, 0.1) is 0 Å². The Morgan fingerprint density at radius 2 is 1.71 bits per heavy atom. The lowest BCUT2D eigenvalue weighted by molar-refractivity contribution is -0.128. The van der Waals surface area contributed by atoms with E-state index in [0.29, 0.717) is 23.6 Å². The van der Waals surface area contributed by atoms with Gasteiger partial charge in [0.15, 0.2) is 0 Å². The highest BCUT2D eigenvalue weighted by Gasteiger charge is 2.20. The minimum absolute atomic E-state index is 0.196. The molecule has 0 aromatic heterocycles. The topological polar surface area (TPSA) is 46.6 Å². The first-order valence-corrected chi connectivity index (χ1v) is 8.28. The van der Waals surface area contributed by atoms with Crippen LogP contribution in [0.15, 0.2) is 48.5 Å². The summed E-state index contributed by atoms with van der Waals surface area (Å²) < 4.78 is 5.30. The number of esters is 1. The summed E-state index contributed by atoms with van der Waals surface area (Å²) in [6.07, 6.45) is 1.56. The second-order valence-corrected chi connectivity index (χ2v) is 6.25. The zero-order valence-electron chi connectivity index (χ0n) is 13.2. The van der Waals surface area contributed by atoms with Crippen molar-refractivity contribution in [2.24, 2.45) is 0 Å². The molecule has 1 saturated heterocycles. The van der Waals surface area contributed by atoms with Gasteiger partial charge >= 0.3 is 5.97 Å². The van der Waals surface area contributed by atoms with Gasteiger partial charge in [0.2, 0.25) is 5.91 Å². The number of carbonyl (C=O) groups is 2. The summed E-state index contributed by atoms with van der Waals surface area (Å²) in [7, 11) is 0. The van der Waals surface area contributed by atoms with Gasteiger partial charge in [-0.05, 0) is 41.8 Å². The van der Waals surface area contributed by atoms with Crippen molar-refractivity contribution in [1.29, 1.82) is 0 Å². The first kappa shape index (κ1) is 16.5. The van der Waals surface area contributed by atoms with Gasteiger partial charge in [-0.2, -0.15) is 0 Å². The molecule has 0 N–H and O–H groups in total. The van der Waals surface area contributed by atoms with Gasteiger partial charge in [-0.15, -0.1) is 0 Å². The molecule has 5 heteroatoms. The maximum atomic E-state index is 12.1. The molecule has 1 fully saturated rings. The van der Waals surface area contributed by atoms with E-state index >= 15 is 0 Å². The molecule has 4 nitrogen and oxygen atoms in total. The first-order valence-electron chi connectivity index (χ1n) is 7.90. The lowest BCUT2D eigenvalue weighted by Crippen LogP contribution is -2.23. The van der Waals surface area contributed by atoms with Gasteiger partial charge in [0.25, 0.3) is 0 Å². The maximum absolute atomic E-state index is 12.1. The Morgan fingerprint density at radius 1 is 1.04 bits per heavy atom. The van der Waals surface area contributed by atoms with Crippen molar-refractivity contribution in [3.05, 3.63) is 70.2 Å². The third-order valence-electron chi connectivity index (χ3n) is 4.02. The number of benzene rings is 2. The molecule has 1 aliphatic rings. The fourth-order valence-corrected chi connectivity index (χ4v) is 2.78. The average molecular weight is 344 g/mol. The van der Waals surface area contributed by atoms with Crippen LogP contribution < -0.4 is 0 Å². The molecule has 124 valence electrons. The second-order valence-electron chi connectivity index (χ2n) is 5.82. The molecule has 3 rings (SSSR count). The van der Waals surface area contributed by atoms with Crippen molar-refractivity contribution in [3.8, 4) is 0 Å². The Labute approximate surface area is 146 Å². The number of likely N-dealkylation sites (tertiary alicyclic amines) is 1. The van der Waals surface area contributed by atoms with Gasteiger partial charge in [-0.1, -0.05) is 35.9 Å². The predicted molar refractivity (Wildman–Crippen MR) is 91.7 cm³/mol. The number of rotatable bonds is 5. The molecule has 0 radical (unpaired) electrons. The van der Waals surface area contributed by atoms with Crippen LogP contribution in [0.2, 0.25) is 5.02 Å². The van der Waals surface area contributed by atoms with Crippen molar-refractivity contribution >= 4 is 23.5 Å². The zero-order valence-corrected chi connectivity index (χ0v) is 14.0. The molecular weight excluding hydrogens is 326 g/mol. The van der Waals surface area contributed by atoms with Crippen molar-refractivity contribution in [3.63, 3.8) is 0 Å². The molecule has 2 aromatic rings. The summed E-state index contributed by atoms with van der Waals surface area (Å²) in [5.74, 6) is -0.171. The van der Waals surface area contributed by atoms with E-state index in [2.05, 4.69) is 0 Å². The van der Waals surface area contributed by atoms with E-state index in [1.54, 1.807) is 24.3 Å². The molecule has 1 heterocycles. The smallest absolute Gasteiger partial charge is 0.338 e. The molecule has 0 aliphatic carbocycles. The van der Waals surface area contributed by atoms with Crippen molar-refractivity contribution in [1.82, 2.24) is 4.90 Å². The molecule has 2 aromatic carbocycles. The first-order chi connectivity index (χ1) is 11.6. The van der Waals surface area contributed by atoms with E-state index in [1.165, 1.54) is 0 Å². The minimum atomic E-state index is -0.367. The maximum Gasteiger partial charge on any atom is 0.338 e. The van der Waals surface area contributed by atoms with Crippen LogP contribution in [0.25, 0.3) is 0 Å². The molecule has 0 saturated carbocycles. The van der Waals surface area contributed by atoms with E-state index in [1.807, 2.05) is 29.2 Å². The van der Waals surface area contributed by atoms with E-state index in [-0.39, 0.29) is 18.5 Å². The molecule has 24 heavy (non-hydrogen) atoms. The van der Waals surface area contributed by atoms with Gasteiger partial charge < -0.3 is 9.64 Å². The Bertz CT molecular complexity index is 725. The number of nitrogens with zero attached hydrogens (tertiary/aromatic N) is 1. The van der Waals surface area contributed by atoms with E-state index < -0.39 is 0 Å². The molecular formula is C19H18ClNO3. The molecule has 1 amide bonds. The third kappa shape index (κ3) is 4.15. The Hall–Kier alpha value is -2.33. The van der Waals surface area contributed by atoms with Crippen molar-refractivity contribution in [2.45, 2.75) is 26.0 Å². The second kappa shape index (κ2) is 7.49. The number of hydrogen-bond donors (Lipinski definition) is 0. The van der Waals surface area contributed by atoms with Gasteiger partial charge in [0.1, 0.15) is 6.61 Å². The molecule has 1 aliphatic heterocycles. The fraction of sp³-hybridized carbons (Fsp3) is 0.263. The van der Waals surface area contributed by atoms with E-state index in [9.17, 15) is 9.59 Å². The monoisotopic (exact) mass is 343 g/mol. The number of ether oxygens (including phenoxy) is 1. The fourth-order valence-electron chi connectivity index (χ4n) is 2.65. The normalized spacial score (nSPS) is 14.0. The van der Waals surface area contributed by atoms with Crippen LogP contribution in [-0.2, 0) is 22.7 Å². The highest BCUT2D eigenvalue weighted by atomic mass is 35.5. The van der Waals surface area contributed by atoms with E-state index in [0.717, 1.165) is 24.1 Å². The Balaban J connectivity index is 1.55. The van der Waals surface area contributed by atoms with Gasteiger partial charge in [0.05, 0.1) is 5.56 Å². The zero-order chi connectivity index (χ0) is 16.9. The predicted octanol–water partition coefficient (Wildman–Crippen LogP) is 3.82. The van der Waals surface area contributed by atoms with Crippen LogP contribution in [0.5, 0.6) is 0 Å². The summed E-state index contributed by atoms with van der Waals surface area (Å²) in [5.41, 5.74) is 2.40. The Morgan fingerprint density at radius 3 is 2.33 bits per heavy atom. The summed E-state index contributed by atoms with van der Waals surface area (Å²) in [6.45, 7) is 1.61. The van der Waals surface area contributed by atoms with Crippen LogP contribution in [0.4, 0.5) is 0 Å². The third-order valence-corrected chi connectivity index (χ3v) is 4.27. The molecule has 0 unspecified atom stereocenters. The quantitative estimate of drug-likeness (QED) is 0.775. The van der Waals surface area contributed by atoms with Gasteiger partial charge in [-0.3, -0.25) is 4.79 Å². The average Bonchev–Trinajstić information content (AvgIpc) is 3.00. The Kier molecular flexibility index (Phi) is 5.16. The van der Waals surface area contributed by atoms with Crippen LogP contribution >= 0.6 is 11.6 Å². The lowest BCUT2D eigenvalue weighted by Gasteiger charge is -2.15. The largest absolute Gasteiger partial charge is 0.457 e. The molecule has 0 spiro atoms. The van der Waals surface area contributed by atoms with Crippen LogP contribution in [0.1, 0.15) is 34.3 Å². The highest BCUT2D eigenvalue weighted by molar-refractivity contribution is 6.30. The van der Waals surface area contributed by atoms with E-state index in [4.69, 9.17) is 16.3 Å². The molecule has 0 atom stereocenters. The van der Waals surface area contributed by atoms with Gasteiger partial charge in [0, 0.05) is 24.5 Å². The number of hydrogen-bond acceptors (Lipinski definition) is 3. The minimum Gasteiger partial charge on any atom is -0.457 e. The summed E-state index contributed by atoms with van der Waals surface area (Å²) in [6, 6.07) is 14.4. The number of amides is 1. The molecule has 0 bridgehead atoms. The van der Waals surface area contributed by atoms with Crippen molar-refractivity contribution in [2.75, 3.05) is 6.54 Å². The van der Waals surface area contributed by atoms with Crippen LogP contribution in [-0.4, -0.2) is 23.3 Å². The van der Waals surface area contributed by atoms with Crippen LogP contribution in [0.3, 0.4) is 0 Å². The standard InChI is InChI=1S/C19H18ClNO3/c20-17-9-5-15(6-10-17)13-24-19(23)16-7-3-14(4-8-16)12-21-11-1-2-18(21)22/h3-10H,1-2,11-13H2. The van der Waals surface area contributed by atoms with Crippen molar-refractivity contribution < 1.29 is 14.3 Å². The summed E-state index contributed by atoms with van der Waals surface area (Å²) in [4.78, 5) is 25.6.